The molecular formula is C20H28OSiTi. The molecule has 0 aliphatic heterocycles. The maximum absolute atomic E-state index is 5.41. The zero-order valence-electron chi connectivity index (χ0n) is 15.0. The summed E-state index contributed by atoms with van der Waals surface area (Å²) in [5.41, 5.74) is 3.80. The number of allylic oxidation sites excluding steroid dienone is 6. The van der Waals surface area contributed by atoms with Gasteiger partial charge in [-0.05, 0) is 37.1 Å². The van der Waals surface area contributed by atoms with Crippen LogP contribution in [0.15, 0.2) is 70.4 Å². The number of hydrogen-bond acceptors (Lipinski definition) is 1. The number of ether oxygens (including phenoxy) is 1. The second-order valence-electron chi connectivity index (χ2n) is 6.07. The molecule has 0 amide bonds. The van der Waals surface area contributed by atoms with Crippen molar-refractivity contribution in [3.8, 4) is 5.75 Å². The average molecular weight is 360 g/mol. The van der Waals surface area contributed by atoms with E-state index in [1.807, 2.05) is 42.0 Å². The summed E-state index contributed by atoms with van der Waals surface area (Å²) < 4.78 is 7.23. The van der Waals surface area contributed by atoms with Crippen LogP contribution in [0.5, 0.6) is 5.75 Å². The minimum atomic E-state index is -0.235. The Morgan fingerprint density at radius 1 is 1.30 bits per heavy atom. The fraction of sp³-hybridized carbons (Fsp3) is 0.300. The van der Waals surface area contributed by atoms with Crippen molar-refractivity contribution >= 4 is 6.66 Å². The predicted molar refractivity (Wildman–Crippen MR) is 101 cm³/mol. The van der Waals surface area contributed by atoms with Crippen LogP contribution in [-0.4, -0.2) is 6.66 Å². The van der Waals surface area contributed by atoms with E-state index in [1.54, 1.807) is 17.9 Å². The molecule has 2 rings (SSSR count). The predicted octanol–water partition coefficient (Wildman–Crippen LogP) is 5.75. The normalized spacial score (nSPS) is 13.7. The molecule has 0 unspecified atom stereocenters. The van der Waals surface area contributed by atoms with Crippen molar-refractivity contribution < 1.29 is 23.1 Å². The van der Waals surface area contributed by atoms with Gasteiger partial charge in [0.1, 0.15) is 5.75 Å². The molecule has 3 heteroatoms. The van der Waals surface area contributed by atoms with Crippen LogP contribution in [0.25, 0.3) is 0 Å². The molecule has 0 N–H and O–H groups in total. The van der Waals surface area contributed by atoms with Crippen molar-refractivity contribution in [2.75, 3.05) is 0 Å². The second-order valence-corrected chi connectivity index (χ2v) is 16.4. The van der Waals surface area contributed by atoms with Crippen LogP contribution in [0.3, 0.4) is 0 Å². The molecule has 0 fully saturated rings. The van der Waals surface area contributed by atoms with Crippen molar-refractivity contribution in [3.05, 3.63) is 75.9 Å². The molecule has 0 atom stereocenters. The Morgan fingerprint density at radius 3 is 2.57 bits per heavy atom. The first kappa shape index (κ1) is 20.0. The van der Waals surface area contributed by atoms with Crippen molar-refractivity contribution in [1.82, 2.24) is 0 Å². The maximum atomic E-state index is 5.41. The van der Waals surface area contributed by atoms with E-state index in [1.165, 1.54) is 12.0 Å². The van der Waals surface area contributed by atoms with Crippen molar-refractivity contribution in [1.29, 1.82) is 0 Å². The minimum absolute atomic E-state index is 0.235. The standard InChI is InChI=1S/C12H14O.C6H7.C2H7Si.Ti/c1-4-10(2)9-13-12-7-5-6-11(3)8-12;1-6-4-2-3-5-6;1-3-2;/h4-9H,1H2,2-3H3;2,4H,3H2,1H3;3H,1-2H3;. The van der Waals surface area contributed by atoms with Gasteiger partial charge in [-0.3, -0.25) is 0 Å². The zero-order valence-corrected chi connectivity index (χ0v) is 17.7. The molecule has 1 aliphatic carbocycles. The van der Waals surface area contributed by atoms with Gasteiger partial charge in [0.15, 0.2) is 0 Å². The first-order chi connectivity index (χ1) is 10.9. The first-order valence-corrected chi connectivity index (χ1v) is 14.4. The van der Waals surface area contributed by atoms with Gasteiger partial charge >= 0.3 is 73.1 Å². The van der Waals surface area contributed by atoms with Gasteiger partial charge in [0.25, 0.3) is 0 Å². The molecule has 122 valence electrons. The Bertz CT molecular complexity index is 612. The number of aryl methyl sites for hydroxylation is 1. The molecule has 0 spiro atoms. The molecule has 0 heterocycles. The van der Waals surface area contributed by atoms with E-state index in [0.717, 1.165) is 11.3 Å². The van der Waals surface area contributed by atoms with E-state index in [9.17, 15) is 0 Å². The van der Waals surface area contributed by atoms with E-state index in [4.69, 9.17) is 4.74 Å². The molecule has 1 nitrogen and oxygen atoms in total. The van der Waals surface area contributed by atoms with Gasteiger partial charge in [-0.1, -0.05) is 24.8 Å². The summed E-state index contributed by atoms with van der Waals surface area (Å²) in [5, 5.41) is 0. The molecular weight excluding hydrogens is 332 g/mol. The first-order valence-electron chi connectivity index (χ1n) is 8.07. The summed E-state index contributed by atoms with van der Waals surface area (Å²) in [4.78, 5) is 0. The molecule has 0 aromatic heterocycles. The number of hydrogen-bond donors (Lipinski definition) is 0. The topological polar surface area (TPSA) is 9.23 Å². The summed E-state index contributed by atoms with van der Waals surface area (Å²) in [6.07, 6.45) is 9.34. The van der Waals surface area contributed by atoms with Gasteiger partial charge in [0, 0.05) is 0 Å². The second kappa shape index (κ2) is 10.6. The number of rotatable bonds is 5. The fourth-order valence-corrected chi connectivity index (χ4v) is 8.27. The molecule has 0 bridgehead atoms. The summed E-state index contributed by atoms with van der Waals surface area (Å²) >= 11 is 0.350. The molecule has 23 heavy (non-hydrogen) atoms. The zero-order chi connectivity index (χ0) is 17.2. The Hall–Kier alpha value is -1.09. The van der Waals surface area contributed by atoms with Crippen molar-refractivity contribution in [3.63, 3.8) is 0 Å². The van der Waals surface area contributed by atoms with E-state index >= 15 is 0 Å². The van der Waals surface area contributed by atoms with Crippen molar-refractivity contribution in [2.45, 2.75) is 40.3 Å². The van der Waals surface area contributed by atoms with Crippen molar-refractivity contribution in [2.24, 2.45) is 0 Å². The summed E-state index contributed by atoms with van der Waals surface area (Å²) in [6, 6.07) is 7.94. The Kier molecular flexibility index (Phi) is 9.23. The number of benzene rings is 1. The van der Waals surface area contributed by atoms with E-state index in [-0.39, 0.29) is 6.66 Å². The summed E-state index contributed by atoms with van der Waals surface area (Å²) in [5.74, 6) is 0.862. The van der Waals surface area contributed by atoms with E-state index in [0.29, 0.717) is 18.4 Å². The third-order valence-corrected chi connectivity index (χ3v) is 9.52. The molecule has 1 aromatic rings. The van der Waals surface area contributed by atoms with Gasteiger partial charge in [-0.25, -0.2) is 0 Å². The Labute approximate surface area is 151 Å². The van der Waals surface area contributed by atoms with Gasteiger partial charge < -0.3 is 4.74 Å². The molecule has 1 aliphatic rings. The van der Waals surface area contributed by atoms with Crippen LogP contribution in [0, 0.1) is 6.92 Å². The van der Waals surface area contributed by atoms with E-state index < -0.39 is 0 Å². The van der Waals surface area contributed by atoms with Crippen LogP contribution in [0.2, 0.25) is 13.1 Å². The Morgan fingerprint density at radius 2 is 2.04 bits per heavy atom. The van der Waals surface area contributed by atoms with Crippen LogP contribution in [0.4, 0.5) is 0 Å². The third kappa shape index (κ3) is 8.36. The fourth-order valence-electron chi connectivity index (χ4n) is 2.03. The average Bonchev–Trinajstić information content (AvgIpc) is 2.90. The van der Waals surface area contributed by atoms with Gasteiger partial charge in [0.05, 0.1) is 6.26 Å². The van der Waals surface area contributed by atoms with Gasteiger partial charge in [-0.2, -0.15) is 0 Å². The quantitative estimate of drug-likeness (QED) is 0.369. The Balaban J connectivity index is 0.000000238. The van der Waals surface area contributed by atoms with Crippen LogP contribution < -0.4 is 4.74 Å². The molecule has 0 radical (unpaired) electrons. The van der Waals surface area contributed by atoms with E-state index in [2.05, 4.69) is 38.7 Å². The molecule has 1 aromatic carbocycles. The summed E-state index contributed by atoms with van der Waals surface area (Å²) in [7, 11) is 0. The molecule has 0 saturated carbocycles. The van der Waals surface area contributed by atoms with Gasteiger partial charge in [0.2, 0.25) is 0 Å². The van der Waals surface area contributed by atoms with Gasteiger partial charge in [-0.15, -0.1) is 0 Å². The molecule has 0 saturated heterocycles. The third-order valence-electron chi connectivity index (χ3n) is 3.32. The van der Waals surface area contributed by atoms with Crippen LogP contribution in [-0.2, 0) is 18.4 Å². The SMILES string of the molecule is C=CC(C)=COc1cccc(C)c1.CC1=[C]([Ti][SiH](C)C)CC=C1. The monoisotopic (exact) mass is 360 g/mol. The summed E-state index contributed by atoms with van der Waals surface area (Å²) in [6.45, 7) is 14.6. The van der Waals surface area contributed by atoms with Crippen LogP contribution in [0.1, 0.15) is 25.8 Å². The van der Waals surface area contributed by atoms with Crippen LogP contribution >= 0.6 is 0 Å².